The molecule has 4 rings (SSSR count). The van der Waals surface area contributed by atoms with E-state index in [1.54, 1.807) is 0 Å². The van der Waals surface area contributed by atoms with Crippen LogP contribution in [0.15, 0.2) is 66.7 Å². The van der Waals surface area contributed by atoms with E-state index in [1.807, 2.05) is 0 Å². The van der Waals surface area contributed by atoms with Crippen molar-refractivity contribution in [2.24, 2.45) is 0 Å². The first-order valence-corrected chi connectivity index (χ1v) is 11.7. The van der Waals surface area contributed by atoms with E-state index in [-0.39, 0.29) is 0 Å². The van der Waals surface area contributed by atoms with Crippen molar-refractivity contribution in [3.05, 3.63) is 83.4 Å². The molecule has 0 saturated heterocycles. The van der Waals surface area contributed by atoms with Crippen molar-refractivity contribution in [3.8, 4) is 0 Å². The molecular formula is C30H36N2. The van der Waals surface area contributed by atoms with Gasteiger partial charge in [-0.25, -0.2) is 0 Å². The number of rotatable bonds is 6. The molecule has 4 aromatic rings. The van der Waals surface area contributed by atoms with E-state index in [4.69, 9.17) is 0 Å². The molecule has 32 heavy (non-hydrogen) atoms. The van der Waals surface area contributed by atoms with Gasteiger partial charge in [-0.05, 0) is 69.3 Å². The van der Waals surface area contributed by atoms with Gasteiger partial charge < -0.3 is 9.80 Å². The van der Waals surface area contributed by atoms with Gasteiger partial charge >= 0.3 is 0 Å². The van der Waals surface area contributed by atoms with E-state index in [0.29, 0.717) is 11.8 Å². The molecule has 0 aliphatic heterocycles. The van der Waals surface area contributed by atoms with Gasteiger partial charge in [-0.2, -0.15) is 0 Å². The fraction of sp³-hybridized carbons (Fsp3) is 0.333. The van der Waals surface area contributed by atoms with Gasteiger partial charge in [-0.3, -0.25) is 0 Å². The molecule has 166 valence electrons. The first-order chi connectivity index (χ1) is 15.3. The van der Waals surface area contributed by atoms with Crippen molar-refractivity contribution in [1.29, 1.82) is 0 Å². The van der Waals surface area contributed by atoms with Gasteiger partial charge in [0.15, 0.2) is 0 Å². The van der Waals surface area contributed by atoms with Crippen LogP contribution in [0.3, 0.4) is 0 Å². The second-order valence-corrected chi connectivity index (χ2v) is 9.85. The summed E-state index contributed by atoms with van der Waals surface area (Å²) in [6.07, 6.45) is 1.03. The molecule has 0 bridgehead atoms. The minimum Gasteiger partial charge on any atom is -0.378 e. The fourth-order valence-electron chi connectivity index (χ4n) is 4.81. The van der Waals surface area contributed by atoms with Crippen LogP contribution in [-0.2, 0) is 6.42 Å². The topological polar surface area (TPSA) is 6.48 Å². The smallest absolute Gasteiger partial charge is 0.0440 e. The Morgan fingerprint density at radius 1 is 0.688 bits per heavy atom. The minimum absolute atomic E-state index is 0.443. The molecule has 0 fully saturated rings. The van der Waals surface area contributed by atoms with Crippen molar-refractivity contribution in [3.63, 3.8) is 0 Å². The molecule has 2 nitrogen and oxygen atoms in total. The second-order valence-electron chi connectivity index (χ2n) is 9.85. The highest BCUT2D eigenvalue weighted by Gasteiger charge is 2.14. The first kappa shape index (κ1) is 22.2. The summed E-state index contributed by atoms with van der Waals surface area (Å²) in [6, 6.07) is 25.2. The summed E-state index contributed by atoms with van der Waals surface area (Å²) in [5.74, 6) is 0.957. The summed E-state index contributed by atoms with van der Waals surface area (Å²) >= 11 is 0. The molecule has 0 amide bonds. The normalized spacial score (nSPS) is 12.5. The Labute approximate surface area is 193 Å². The molecular weight excluding hydrogens is 388 g/mol. The van der Waals surface area contributed by atoms with Crippen LogP contribution in [0.5, 0.6) is 0 Å². The molecule has 0 heterocycles. The summed E-state index contributed by atoms with van der Waals surface area (Å²) in [5.41, 5.74) is 6.80. The molecule has 0 spiro atoms. The number of nitrogens with zero attached hydrogens (tertiary/aromatic N) is 2. The maximum absolute atomic E-state index is 2.38. The summed E-state index contributed by atoms with van der Waals surface area (Å²) in [6.45, 7) is 6.93. The van der Waals surface area contributed by atoms with Gasteiger partial charge in [0.2, 0.25) is 0 Å². The SMILES string of the molecule is CC(C)c1ccc(CC(C)c2ccc3c(N(C)C)cccc3c2)c2cc(N(C)C)ccc12. The highest BCUT2D eigenvalue weighted by Crippen LogP contribution is 2.34. The largest absolute Gasteiger partial charge is 0.378 e. The summed E-state index contributed by atoms with van der Waals surface area (Å²) < 4.78 is 0. The zero-order chi connectivity index (χ0) is 23.0. The van der Waals surface area contributed by atoms with Crippen molar-refractivity contribution >= 4 is 32.9 Å². The van der Waals surface area contributed by atoms with Crippen LogP contribution >= 0.6 is 0 Å². The maximum Gasteiger partial charge on any atom is 0.0440 e. The Bertz CT molecular complexity index is 1250. The van der Waals surface area contributed by atoms with Crippen LogP contribution < -0.4 is 9.80 Å². The monoisotopic (exact) mass is 424 g/mol. The molecule has 0 saturated carbocycles. The maximum atomic E-state index is 2.38. The van der Waals surface area contributed by atoms with Crippen molar-refractivity contribution < 1.29 is 0 Å². The molecule has 0 aliphatic rings. The van der Waals surface area contributed by atoms with E-state index < -0.39 is 0 Å². The Hall–Kier alpha value is -3.00. The lowest BCUT2D eigenvalue weighted by Gasteiger charge is -2.20. The average Bonchev–Trinajstić information content (AvgIpc) is 2.77. The number of hydrogen-bond donors (Lipinski definition) is 0. The van der Waals surface area contributed by atoms with Crippen LogP contribution in [0.2, 0.25) is 0 Å². The third-order valence-electron chi connectivity index (χ3n) is 6.72. The van der Waals surface area contributed by atoms with Crippen molar-refractivity contribution in [2.75, 3.05) is 38.0 Å². The molecule has 2 heteroatoms. The molecule has 0 radical (unpaired) electrons. The molecule has 1 unspecified atom stereocenters. The Morgan fingerprint density at radius 3 is 2.12 bits per heavy atom. The Morgan fingerprint density at radius 2 is 1.44 bits per heavy atom. The van der Waals surface area contributed by atoms with Gasteiger partial charge in [-0.15, -0.1) is 0 Å². The van der Waals surface area contributed by atoms with Crippen molar-refractivity contribution in [2.45, 2.75) is 39.0 Å². The average molecular weight is 425 g/mol. The summed E-state index contributed by atoms with van der Waals surface area (Å²) in [5, 5.41) is 5.42. The molecule has 0 aromatic heterocycles. The van der Waals surface area contributed by atoms with Gasteiger partial charge in [0, 0.05) is 45.0 Å². The highest BCUT2D eigenvalue weighted by molar-refractivity contribution is 5.95. The lowest BCUT2D eigenvalue weighted by atomic mass is 9.87. The van der Waals surface area contributed by atoms with Crippen LogP contribution in [-0.4, -0.2) is 28.2 Å². The third-order valence-corrected chi connectivity index (χ3v) is 6.72. The predicted octanol–water partition coefficient (Wildman–Crippen LogP) is 7.59. The van der Waals surface area contributed by atoms with E-state index >= 15 is 0 Å². The van der Waals surface area contributed by atoms with Crippen LogP contribution in [0.25, 0.3) is 21.5 Å². The molecule has 1 atom stereocenters. The molecule has 0 aliphatic carbocycles. The quantitative estimate of drug-likeness (QED) is 0.314. The van der Waals surface area contributed by atoms with Gasteiger partial charge in [0.1, 0.15) is 0 Å². The second kappa shape index (κ2) is 8.86. The van der Waals surface area contributed by atoms with Gasteiger partial charge in [0.25, 0.3) is 0 Å². The van der Waals surface area contributed by atoms with Crippen LogP contribution in [0, 0.1) is 0 Å². The summed E-state index contributed by atoms with van der Waals surface area (Å²) in [4.78, 5) is 4.39. The van der Waals surface area contributed by atoms with Crippen molar-refractivity contribution in [1.82, 2.24) is 0 Å². The van der Waals surface area contributed by atoms with E-state index in [0.717, 1.165) is 6.42 Å². The van der Waals surface area contributed by atoms with Crippen LogP contribution in [0.4, 0.5) is 11.4 Å². The van der Waals surface area contributed by atoms with E-state index in [2.05, 4.69) is 125 Å². The van der Waals surface area contributed by atoms with Gasteiger partial charge in [0.05, 0.1) is 0 Å². The fourth-order valence-corrected chi connectivity index (χ4v) is 4.81. The number of fused-ring (bicyclic) bond motifs is 2. The molecule has 4 aromatic carbocycles. The Kier molecular flexibility index (Phi) is 6.15. The number of benzene rings is 4. The minimum atomic E-state index is 0.443. The zero-order valence-corrected chi connectivity index (χ0v) is 20.6. The first-order valence-electron chi connectivity index (χ1n) is 11.7. The standard InChI is InChI=1S/C30H36N2/c1-20(2)26-14-12-24(29-19-25(31(4)5)13-16-28(26)29)17-21(3)22-11-15-27-23(18-22)9-8-10-30(27)32(6)7/h8-16,18-21H,17H2,1-7H3. The van der Waals surface area contributed by atoms with Crippen LogP contribution in [0.1, 0.15) is 49.3 Å². The van der Waals surface area contributed by atoms with E-state index in [9.17, 15) is 0 Å². The van der Waals surface area contributed by atoms with Gasteiger partial charge in [-0.1, -0.05) is 69.3 Å². The predicted molar refractivity (Wildman–Crippen MR) is 143 cm³/mol. The Balaban J connectivity index is 1.74. The highest BCUT2D eigenvalue weighted by atomic mass is 15.1. The number of hydrogen-bond acceptors (Lipinski definition) is 2. The third kappa shape index (κ3) is 4.19. The molecule has 0 N–H and O–H groups in total. The van der Waals surface area contributed by atoms with E-state index in [1.165, 1.54) is 49.6 Å². The lowest BCUT2D eigenvalue weighted by molar-refractivity contribution is 0.763. The summed E-state index contributed by atoms with van der Waals surface area (Å²) in [7, 11) is 8.46. The number of anilines is 2. The lowest BCUT2D eigenvalue weighted by Crippen LogP contribution is -2.09. The zero-order valence-electron chi connectivity index (χ0n) is 20.6.